The predicted molar refractivity (Wildman–Crippen MR) is 93.1 cm³/mol. The monoisotopic (exact) mass is 318 g/mol. The van der Waals surface area contributed by atoms with E-state index in [2.05, 4.69) is 17.4 Å². The summed E-state index contributed by atoms with van der Waals surface area (Å²) in [6.45, 7) is 2.03. The number of carbonyl (C=O) groups is 1. The molecule has 3 N–H and O–H groups in total. The standard InChI is InChI=1S/C19H30N2O2/c20-15-17-9-4-5-10-18(17)21-19(22)11-6-13-23-14-12-16-7-2-1-3-8-16/h1-3,7-8,17-18H,4-6,9-15,20H2,(H,21,22). The lowest BCUT2D eigenvalue weighted by Crippen LogP contribution is -2.44. The molecule has 1 aromatic carbocycles. The Morgan fingerprint density at radius 3 is 2.74 bits per heavy atom. The molecule has 0 aromatic heterocycles. The van der Waals surface area contributed by atoms with Gasteiger partial charge in [-0.05, 0) is 43.7 Å². The van der Waals surface area contributed by atoms with E-state index in [4.69, 9.17) is 10.5 Å². The summed E-state index contributed by atoms with van der Waals surface area (Å²) in [5.41, 5.74) is 7.09. The van der Waals surface area contributed by atoms with Crippen molar-refractivity contribution in [3.63, 3.8) is 0 Å². The van der Waals surface area contributed by atoms with Gasteiger partial charge < -0.3 is 15.8 Å². The molecule has 1 fully saturated rings. The molecule has 0 radical (unpaired) electrons. The molecule has 0 heterocycles. The second-order valence-corrected chi connectivity index (χ2v) is 6.41. The van der Waals surface area contributed by atoms with Crippen molar-refractivity contribution in [3.05, 3.63) is 35.9 Å². The summed E-state index contributed by atoms with van der Waals surface area (Å²) < 4.78 is 5.62. The fraction of sp³-hybridized carbons (Fsp3) is 0.632. The van der Waals surface area contributed by atoms with Crippen LogP contribution in [0, 0.1) is 5.92 Å². The Bertz CT molecular complexity index is 450. The quantitative estimate of drug-likeness (QED) is 0.688. The zero-order chi connectivity index (χ0) is 16.3. The number of benzene rings is 1. The maximum atomic E-state index is 12.0. The lowest BCUT2D eigenvalue weighted by molar-refractivity contribution is -0.122. The van der Waals surface area contributed by atoms with E-state index in [0.717, 1.165) is 25.7 Å². The molecule has 23 heavy (non-hydrogen) atoms. The summed E-state index contributed by atoms with van der Waals surface area (Å²) in [7, 11) is 0. The number of nitrogens with one attached hydrogen (secondary N) is 1. The minimum absolute atomic E-state index is 0.141. The summed E-state index contributed by atoms with van der Waals surface area (Å²) in [6, 6.07) is 10.6. The van der Waals surface area contributed by atoms with E-state index >= 15 is 0 Å². The lowest BCUT2D eigenvalue weighted by atomic mass is 9.84. The molecule has 1 aromatic rings. The van der Waals surface area contributed by atoms with E-state index in [9.17, 15) is 4.79 Å². The van der Waals surface area contributed by atoms with Crippen molar-refractivity contribution in [1.82, 2.24) is 5.32 Å². The van der Waals surface area contributed by atoms with E-state index in [1.807, 2.05) is 18.2 Å². The van der Waals surface area contributed by atoms with Crippen molar-refractivity contribution in [1.29, 1.82) is 0 Å². The first-order valence-electron chi connectivity index (χ1n) is 8.90. The molecule has 1 aliphatic rings. The highest BCUT2D eigenvalue weighted by molar-refractivity contribution is 5.76. The number of nitrogens with two attached hydrogens (primary N) is 1. The van der Waals surface area contributed by atoms with Gasteiger partial charge in [0, 0.05) is 19.1 Å². The minimum atomic E-state index is 0.141. The predicted octanol–water partition coefficient (Wildman–Crippen LogP) is 2.66. The van der Waals surface area contributed by atoms with E-state index in [1.165, 1.54) is 18.4 Å². The average Bonchev–Trinajstić information content (AvgIpc) is 2.59. The van der Waals surface area contributed by atoms with Crippen molar-refractivity contribution in [2.75, 3.05) is 19.8 Å². The topological polar surface area (TPSA) is 64.3 Å². The smallest absolute Gasteiger partial charge is 0.220 e. The van der Waals surface area contributed by atoms with Crippen LogP contribution in [-0.2, 0) is 16.0 Å². The SMILES string of the molecule is NCC1CCCCC1NC(=O)CCCOCCc1ccccc1. The Hall–Kier alpha value is -1.39. The van der Waals surface area contributed by atoms with Gasteiger partial charge >= 0.3 is 0 Å². The fourth-order valence-corrected chi connectivity index (χ4v) is 3.23. The molecule has 1 aliphatic carbocycles. The summed E-state index contributed by atoms with van der Waals surface area (Å²) in [4.78, 5) is 12.0. The van der Waals surface area contributed by atoms with E-state index < -0.39 is 0 Å². The Labute approximate surface area is 139 Å². The Morgan fingerprint density at radius 1 is 1.17 bits per heavy atom. The molecule has 0 spiro atoms. The van der Waals surface area contributed by atoms with Crippen LogP contribution in [0.25, 0.3) is 0 Å². The average molecular weight is 318 g/mol. The largest absolute Gasteiger partial charge is 0.381 e. The van der Waals surface area contributed by atoms with Crippen LogP contribution in [0.5, 0.6) is 0 Å². The zero-order valence-corrected chi connectivity index (χ0v) is 14.0. The minimum Gasteiger partial charge on any atom is -0.381 e. The molecule has 2 atom stereocenters. The molecule has 0 bridgehead atoms. The molecule has 4 nitrogen and oxygen atoms in total. The molecule has 2 unspecified atom stereocenters. The van der Waals surface area contributed by atoms with Crippen LogP contribution < -0.4 is 11.1 Å². The molecule has 0 aliphatic heterocycles. The van der Waals surface area contributed by atoms with Gasteiger partial charge in [-0.1, -0.05) is 43.2 Å². The first kappa shape index (κ1) is 18.0. The Kier molecular flexibility index (Phi) is 8.12. The highest BCUT2D eigenvalue weighted by atomic mass is 16.5. The molecular weight excluding hydrogens is 288 g/mol. The molecule has 128 valence electrons. The molecule has 2 rings (SSSR count). The van der Waals surface area contributed by atoms with Crippen LogP contribution in [0.15, 0.2) is 30.3 Å². The van der Waals surface area contributed by atoms with Crippen molar-refractivity contribution in [2.45, 2.75) is 51.0 Å². The Balaban J connectivity index is 1.52. The van der Waals surface area contributed by atoms with Gasteiger partial charge in [-0.15, -0.1) is 0 Å². The maximum Gasteiger partial charge on any atom is 0.220 e. The van der Waals surface area contributed by atoms with Gasteiger partial charge in [-0.25, -0.2) is 0 Å². The summed E-state index contributed by atoms with van der Waals surface area (Å²) in [5.74, 6) is 0.594. The van der Waals surface area contributed by atoms with Gasteiger partial charge in [-0.3, -0.25) is 4.79 Å². The summed E-state index contributed by atoms with van der Waals surface area (Å²) in [6.07, 6.45) is 6.89. The molecule has 0 saturated heterocycles. The van der Waals surface area contributed by atoms with Crippen LogP contribution >= 0.6 is 0 Å². The van der Waals surface area contributed by atoms with E-state index in [1.54, 1.807) is 0 Å². The van der Waals surface area contributed by atoms with Crippen LogP contribution in [0.4, 0.5) is 0 Å². The molecule has 1 amide bonds. The van der Waals surface area contributed by atoms with E-state index in [0.29, 0.717) is 32.1 Å². The third kappa shape index (κ3) is 6.71. The number of ether oxygens (including phenoxy) is 1. The lowest BCUT2D eigenvalue weighted by Gasteiger charge is -2.31. The maximum absolute atomic E-state index is 12.0. The van der Waals surface area contributed by atoms with Crippen LogP contribution in [-0.4, -0.2) is 31.7 Å². The van der Waals surface area contributed by atoms with Gasteiger partial charge in [0.1, 0.15) is 0 Å². The number of rotatable bonds is 9. The fourth-order valence-electron chi connectivity index (χ4n) is 3.23. The number of amides is 1. The second kappa shape index (κ2) is 10.4. The highest BCUT2D eigenvalue weighted by Gasteiger charge is 2.24. The third-order valence-corrected chi connectivity index (χ3v) is 4.63. The number of carbonyl (C=O) groups excluding carboxylic acids is 1. The first-order valence-corrected chi connectivity index (χ1v) is 8.90. The second-order valence-electron chi connectivity index (χ2n) is 6.41. The van der Waals surface area contributed by atoms with Crippen LogP contribution in [0.1, 0.15) is 44.1 Å². The van der Waals surface area contributed by atoms with Gasteiger partial charge in [0.15, 0.2) is 0 Å². The van der Waals surface area contributed by atoms with Crippen molar-refractivity contribution < 1.29 is 9.53 Å². The summed E-state index contributed by atoms with van der Waals surface area (Å²) in [5, 5.41) is 3.16. The molecule has 1 saturated carbocycles. The van der Waals surface area contributed by atoms with Gasteiger partial charge in [0.05, 0.1) is 6.61 Å². The number of hydrogen-bond donors (Lipinski definition) is 2. The normalized spacial score (nSPS) is 21.1. The first-order chi connectivity index (χ1) is 11.3. The van der Waals surface area contributed by atoms with Crippen molar-refractivity contribution in [2.24, 2.45) is 11.7 Å². The molecular formula is C19H30N2O2. The number of hydrogen-bond acceptors (Lipinski definition) is 3. The van der Waals surface area contributed by atoms with Crippen LogP contribution in [0.3, 0.4) is 0 Å². The van der Waals surface area contributed by atoms with Gasteiger partial charge in [0.25, 0.3) is 0 Å². The van der Waals surface area contributed by atoms with Crippen molar-refractivity contribution in [3.8, 4) is 0 Å². The zero-order valence-electron chi connectivity index (χ0n) is 14.0. The van der Waals surface area contributed by atoms with Gasteiger partial charge in [0.2, 0.25) is 5.91 Å². The highest BCUT2D eigenvalue weighted by Crippen LogP contribution is 2.23. The van der Waals surface area contributed by atoms with Crippen molar-refractivity contribution >= 4 is 5.91 Å². The molecule has 4 heteroatoms. The van der Waals surface area contributed by atoms with Gasteiger partial charge in [-0.2, -0.15) is 0 Å². The summed E-state index contributed by atoms with van der Waals surface area (Å²) >= 11 is 0. The van der Waals surface area contributed by atoms with Crippen LogP contribution in [0.2, 0.25) is 0 Å². The Morgan fingerprint density at radius 2 is 1.96 bits per heavy atom. The third-order valence-electron chi connectivity index (χ3n) is 4.63. The van der Waals surface area contributed by atoms with E-state index in [-0.39, 0.29) is 11.9 Å².